The minimum absolute atomic E-state index is 0.0914. The molecule has 0 amide bonds. The molecule has 4 rings (SSSR count). The quantitative estimate of drug-likeness (QED) is 0.719. The van der Waals surface area contributed by atoms with Gasteiger partial charge in [0.15, 0.2) is 0 Å². The second-order valence-corrected chi connectivity index (χ2v) is 7.01. The third-order valence-corrected chi connectivity index (χ3v) is 5.38. The minimum Gasteiger partial charge on any atom is -0.370 e. The van der Waals surface area contributed by atoms with Gasteiger partial charge in [0.05, 0.1) is 12.0 Å². The van der Waals surface area contributed by atoms with Crippen molar-refractivity contribution in [2.45, 2.75) is 26.4 Å². The van der Waals surface area contributed by atoms with E-state index in [4.69, 9.17) is 9.72 Å². The zero-order chi connectivity index (χ0) is 16.5. The molecule has 124 valence electrons. The molecule has 0 aliphatic carbocycles. The van der Waals surface area contributed by atoms with Gasteiger partial charge in [0, 0.05) is 19.5 Å². The van der Waals surface area contributed by atoms with Crippen LogP contribution in [0.1, 0.15) is 30.0 Å². The van der Waals surface area contributed by atoms with E-state index in [1.807, 2.05) is 0 Å². The van der Waals surface area contributed by atoms with Gasteiger partial charge < -0.3 is 9.64 Å². The predicted octanol–water partition coefficient (Wildman–Crippen LogP) is 4.14. The highest BCUT2D eigenvalue weighted by molar-refractivity contribution is 7.16. The highest BCUT2D eigenvalue weighted by atomic mass is 32.1. The van der Waals surface area contributed by atoms with E-state index in [0.717, 1.165) is 48.0 Å². The van der Waals surface area contributed by atoms with E-state index in [-0.39, 0.29) is 6.10 Å². The van der Waals surface area contributed by atoms with Crippen molar-refractivity contribution < 1.29 is 4.74 Å². The van der Waals surface area contributed by atoms with Crippen LogP contribution in [0.5, 0.6) is 0 Å². The van der Waals surface area contributed by atoms with E-state index in [1.54, 1.807) is 11.3 Å². The van der Waals surface area contributed by atoms with Gasteiger partial charge in [-0.15, -0.1) is 11.3 Å². The number of nitrogens with zero attached hydrogens (tertiary/aromatic N) is 3. The number of thiophene rings is 1. The second kappa shape index (κ2) is 6.49. The van der Waals surface area contributed by atoms with Crippen LogP contribution in [0.15, 0.2) is 35.7 Å². The lowest BCUT2D eigenvalue weighted by Crippen LogP contribution is -2.39. The fourth-order valence-electron chi connectivity index (χ4n) is 3.26. The Morgan fingerprint density at radius 1 is 1.25 bits per heavy atom. The monoisotopic (exact) mass is 339 g/mol. The third kappa shape index (κ3) is 2.78. The van der Waals surface area contributed by atoms with Gasteiger partial charge in [-0.25, -0.2) is 9.97 Å². The predicted molar refractivity (Wildman–Crippen MR) is 98.9 cm³/mol. The number of hydrogen-bond donors (Lipinski definition) is 0. The lowest BCUT2D eigenvalue weighted by molar-refractivity contribution is 0.0392. The summed E-state index contributed by atoms with van der Waals surface area (Å²) >= 11 is 1.69. The van der Waals surface area contributed by atoms with E-state index in [1.165, 1.54) is 11.1 Å². The number of aryl methyl sites for hydroxylation is 2. The molecule has 1 fully saturated rings. The smallest absolute Gasteiger partial charge is 0.141 e. The summed E-state index contributed by atoms with van der Waals surface area (Å²) in [5.41, 5.74) is 2.55. The average Bonchev–Trinajstić information content (AvgIpc) is 3.10. The summed E-state index contributed by atoms with van der Waals surface area (Å²) in [5, 5.41) is 3.25. The van der Waals surface area contributed by atoms with Gasteiger partial charge in [-0.05, 0) is 29.5 Å². The van der Waals surface area contributed by atoms with Gasteiger partial charge in [-0.2, -0.15) is 0 Å². The van der Waals surface area contributed by atoms with E-state index >= 15 is 0 Å². The summed E-state index contributed by atoms with van der Waals surface area (Å²) in [7, 11) is 0. The van der Waals surface area contributed by atoms with Crippen LogP contribution >= 0.6 is 11.3 Å². The lowest BCUT2D eigenvalue weighted by Gasteiger charge is -2.35. The van der Waals surface area contributed by atoms with Crippen molar-refractivity contribution in [2.75, 3.05) is 24.6 Å². The van der Waals surface area contributed by atoms with Gasteiger partial charge in [0.1, 0.15) is 22.6 Å². The average molecular weight is 339 g/mol. The SMILES string of the molecule is CCc1nc(N2CCOC(c3ccccc3C)C2)c2ccsc2n1. The first-order valence-corrected chi connectivity index (χ1v) is 9.30. The van der Waals surface area contributed by atoms with Crippen molar-refractivity contribution in [3.63, 3.8) is 0 Å². The molecule has 2 aromatic heterocycles. The molecule has 1 aliphatic rings. The topological polar surface area (TPSA) is 38.2 Å². The number of ether oxygens (including phenoxy) is 1. The Labute approximate surface area is 146 Å². The highest BCUT2D eigenvalue weighted by Gasteiger charge is 2.25. The van der Waals surface area contributed by atoms with Gasteiger partial charge in [-0.3, -0.25) is 0 Å². The molecular weight excluding hydrogens is 318 g/mol. The Morgan fingerprint density at radius 2 is 2.12 bits per heavy atom. The second-order valence-electron chi connectivity index (χ2n) is 6.12. The Bertz CT molecular complexity index is 861. The zero-order valence-corrected chi connectivity index (χ0v) is 14.8. The Balaban J connectivity index is 1.70. The molecule has 0 N–H and O–H groups in total. The maximum Gasteiger partial charge on any atom is 0.141 e. The van der Waals surface area contributed by atoms with Crippen LogP contribution in [0.25, 0.3) is 10.2 Å². The van der Waals surface area contributed by atoms with Gasteiger partial charge in [0.2, 0.25) is 0 Å². The first-order chi connectivity index (χ1) is 11.8. The molecule has 1 saturated heterocycles. The fourth-order valence-corrected chi connectivity index (χ4v) is 4.04. The summed E-state index contributed by atoms with van der Waals surface area (Å²) in [4.78, 5) is 12.9. The van der Waals surface area contributed by atoms with Crippen LogP contribution in [-0.2, 0) is 11.2 Å². The molecule has 1 aromatic carbocycles. The number of aromatic nitrogens is 2. The molecule has 1 unspecified atom stereocenters. The molecule has 4 nitrogen and oxygen atoms in total. The molecule has 3 aromatic rings. The Morgan fingerprint density at radius 3 is 2.96 bits per heavy atom. The van der Waals surface area contributed by atoms with Crippen molar-refractivity contribution in [2.24, 2.45) is 0 Å². The summed E-state index contributed by atoms with van der Waals surface area (Å²) in [6, 6.07) is 10.6. The zero-order valence-electron chi connectivity index (χ0n) is 14.0. The molecular formula is C19H21N3OS. The summed E-state index contributed by atoms with van der Waals surface area (Å²) in [6.45, 7) is 6.67. The number of benzene rings is 1. The van der Waals surface area contributed by atoms with Crippen molar-refractivity contribution in [1.29, 1.82) is 0 Å². The van der Waals surface area contributed by atoms with Gasteiger partial charge in [-0.1, -0.05) is 31.2 Å². The number of fused-ring (bicyclic) bond motifs is 1. The number of morpholine rings is 1. The number of rotatable bonds is 3. The Kier molecular flexibility index (Phi) is 4.21. The van der Waals surface area contributed by atoms with Crippen molar-refractivity contribution in [3.8, 4) is 0 Å². The highest BCUT2D eigenvalue weighted by Crippen LogP contribution is 2.32. The molecule has 24 heavy (non-hydrogen) atoms. The van der Waals surface area contributed by atoms with Gasteiger partial charge >= 0.3 is 0 Å². The minimum atomic E-state index is 0.0914. The molecule has 5 heteroatoms. The van der Waals surface area contributed by atoms with E-state index in [9.17, 15) is 0 Å². The van der Waals surface area contributed by atoms with Crippen LogP contribution in [0, 0.1) is 6.92 Å². The molecule has 0 bridgehead atoms. The Hall–Kier alpha value is -1.98. The van der Waals surface area contributed by atoms with E-state index < -0.39 is 0 Å². The first-order valence-electron chi connectivity index (χ1n) is 8.42. The number of hydrogen-bond acceptors (Lipinski definition) is 5. The molecule has 3 heterocycles. The van der Waals surface area contributed by atoms with E-state index in [0.29, 0.717) is 0 Å². The summed E-state index contributed by atoms with van der Waals surface area (Å²) < 4.78 is 6.06. The standard InChI is InChI=1S/C19H21N3OS/c1-3-17-20-18(15-8-11-24-19(15)21-17)22-9-10-23-16(12-22)14-7-5-4-6-13(14)2/h4-8,11,16H,3,9-10,12H2,1-2H3. The summed E-state index contributed by atoms with van der Waals surface area (Å²) in [5.74, 6) is 1.97. The van der Waals surface area contributed by atoms with Crippen LogP contribution < -0.4 is 4.90 Å². The normalized spacial score (nSPS) is 18.2. The van der Waals surface area contributed by atoms with Gasteiger partial charge in [0.25, 0.3) is 0 Å². The first kappa shape index (κ1) is 15.5. The summed E-state index contributed by atoms with van der Waals surface area (Å²) in [6.07, 6.45) is 0.945. The van der Waals surface area contributed by atoms with Crippen molar-refractivity contribution in [3.05, 3.63) is 52.7 Å². The van der Waals surface area contributed by atoms with Crippen molar-refractivity contribution >= 4 is 27.4 Å². The molecule has 0 spiro atoms. The molecule has 0 radical (unpaired) electrons. The number of anilines is 1. The lowest BCUT2D eigenvalue weighted by atomic mass is 10.0. The fraction of sp³-hybridized carbons (Fsp3) is 0.368. The van der Waals surface area contributed by atoms with Crippen LogP contribution in [-0.4, -0.2) is 29.7 Å². The molecule has 0 saturated carbocycles. The van der Waals surface area contributed by atoms with Crippen LogP contribution in [0.2, 0.25) is 0 Å². The van der Waals surface area contributed by atoms with E-state index in [2.05, 4.69) is 59.4 Å². The third-order valence-electron chi connectivity index (χ3n) is 4.57. The van der Waals surface area contributed by atoms with Crippen molar-refractivity contribution in [1.82, 2.24) is 9.97 Å². The molecule has 1 atom stereocenters. The largest absolute Gasteiger partial charge is 0.370 e. The maximum absolute atomic E-state index is 6.06. The van der Waals surface area contributed by atoms with Crippen LogP contribution in [0.3, 0.4) is 0 Å². The molecule has 1 aliphatic heterocycles. The maximum atomic E-state index is 6.06. The van der Waals surface area contributed by atoms with Crippen LogP contribution in [0.4, 0.5) is 5.82 Å².